The van der Waals surface area contributed by atoms with Crippen LogP contribution in [0, 0.1) is 0 Å². The molecule has 0 fully saturated rings. The van der Waals surface area contributed by atoms with Crippen molar-refractivity contribution < 1.29 is 14.7 Å². The predicted octanol–water partition coefficient (Wildman–Crippen LogP) is 1.34. The Morgan fingerprint density at radius 2 is 1.70 bits per heavy atom. The highest BCUT2D eigenvalue weighted by Gasteiger charge is 2.09. The molecule has 0 aliphatic carbocycles. The van der Waals surface area contributed by atoms with Crippen LogP contribution in [0.5, 0.6) is 0 Å². The van der Waals surface area contributed by atoms with Gasteiger partial charge in [0.2, 0.25) is 0 Å². The summed E-state index contributed by atoms with van der Waals surface area (Å²) in [6.45, 7) is 1.43. The van der Waals surface area contributed by atoms with Crippen LogP contribution in [-0.4, -0.2) is 61.1 Å². The largest absolute Gasteiger partial charge is 0.481 e. The minimum atomic E-state index is -0.870. The number of nitrogens with zero attached hydrogens (tertiary/aromatic N) is 2. The Bertz CT molecular complexity index is 457. The van der Waals surface area contributed by atoms with Gasteiger partial charge in [0.05, 0.1) is 6.42 Å². The molecule has 0 radical (unpaired) electrons. The lowest BCUT2D eigenvalue weighted by Gasteiger charge is -2.20. The lowest BCUT2D eigenvalue weighted by atomic mass is 10.1. The number of urea groups is 1. The summed E-state index contributed by atoms with van der Waals surface area (Å²) in [5, 5.41) is 11.4. The van der Waals surface area contributed by atoms with Gasteiger partial charge in [-0.2, -0.15) is 0 Å². The Hall–Kier alpha value is -2.08. The smallest absolute Gasteiger partial charge is 0.321 e. The minimum Gasteiger partial charge on any atom is -0.481 e. The zero-order valence-corrected chi connectivity index (χ0v) is 12.1. The van der Waals surface area contributed by atoms with E-state index in [1.807, 2.05) is 19.0 Å². The molecule has 2 N–H and O–H groups in total. The van der Waals surface area contributed by atoms with Crippen molar-refractivity contribution in [1.82, 2.24) is 9.80 Å². The normalized spacial score (nSPS) is 10.4. The van der Waals surface area contributed by atoms with Crippen LogP contribution in [0.2, 0.25) is 0 Å². The zero-order chi connectivity index (χ0) is 15.1. The van der Waals surface area contributed by atoms with Crippen LogP contribution < -0.4 is 5.32 Å². The molecule has 1 rings (SSSR count). The molecule has 2 amide bonds. The van der Waals surface area contributed by atoms with Crippen molar-refractivity contribution in [3.63, 3.8) is 0 Å². The molecule has 0 aliphatic rings. The second-order valence-electron chi connectivity index (χ2n) is 4.92. The van der Waals surface area contributed by atoms with Crippen LogP contribution in [-0.2, 0) is 11.2 Å². The lowest BCUT2D eigenvalue weighted by molar-refractivity contribution is -0.136. The number of carboxylic acids is 1. The Labute approximate surface area is 119 Å². The van der Waals surface area contributed by atoms with Crippen molar-refractivity contribution in [2.24, 2.45) is 0 Å². The topological polar surface area (TPSA) is 72.9 Å². The number of benzene rings is 1. The van der Waals surface area contributed by atoms with Crippen LogP contribution in [0.4, 0.5) is 10.5 Å². The highest BCUT2D eigenvalue weighted by molar-refractivity contribution is 5.89. The van der Waals surface area contributed by atoms with Gasteiger partial charge < -0.3 is 20.2 Å². The number of carboxylic acid groups (broad SMARTS) is 1. The first-order valence-corrected chi connectivity index (χ1v) is 6.36. The van der Waals surface area contributed by atoms with Crippen LogP contribution in [0.25, 0.3) is 0 Å². The quantitative estimate of drug-likeness (QED) is 0.824. The van der Waals surface area contributed by atoms with Gasteiger partial charge in [-0.1, -0.05) is 12.1 Å². The van der Waals surface area contributed by atoms with E-state index in [0.717, 1.165) is 6.54 Å². The van der Waals surface area contributed by atoms with Crippen molar-refractivity contribution in [1.29, 1.82) is 0 Å². The molecule has 0 saturated heterocycles. The second kappa shape index (κ2) is 7.49. The molecule has 1 aromatic rings. The summed E-state index contributed by atoms with van der Waals surface area (Å²) in [6.07, 6.45) is -0.0169. The SMILES string of the molecule is CN(C)CCN(C)C(=O)Nc1ccc(CC(=O)O)cc1. The van der Waals surface area contributed by atoms with Crippen molar-refractivity contribution in [3.05, 3.63) is 29.8 Å². The Morgan fingerprint density at radius 1 is 1.10 bits per heavy atom. The molecule has 0 aliphatic heterocycles. The van der Waals surface area contributed by atoms with Gasteiger partial charge in [-0.3, -0.25) is 4.79 Å². The van der Waals surface area contributed by atoms with Crippen molar-refractivity contribution in [3.8, 4) is 0 Å². The highest BCUT2D eigenvalue weighted by atomic mass is 16.4. The number of rotatable bonds is 6. The van der Waals surface area contributed by atoms with Gasteiger partial charge in [-0.05, 0) is 31.8 Å². The van der Waals surface area contributed by atoms with Crippen LogP contribution in [0.1, 0.15) is 5.56 Å². The van der Waals surface area contributed by atoms with Gasteiger partial charge >= 0.3 is 12.0 Å². The van der Waals surface area contributed by atoms with Gasteiger partial charge in [-0.15, -0.1) is 0 Å². The maximum atomic E-state index is 11.9. The third-order valence-electron chi connectivity index (χ3n) is 2.79. The fraction of sp³-hybridized carbons (Fsp3) is 0.429. The number of amides is 2. The number of hydrogen-bond acceptors (Lipinski definition) is 3. The summed E-state index contributed by atoms with van der Waals surface area (Å²) in [5.74, 6) is -0.870. The minimum absolute atomic E-state index is 0.0169. The average molecular weight is 279 g/mol. The number of aliphatic carboxylic acids is 1. The monoisotopic (exact) mass is 279 g/mol. The van der Waals surface area contributed by atoms with E-state index in [1.54, 1.807) is 36.2 Å². The van der Waals surface area contributed by atoms with Gasteiger partial charge in [0.1, 0.15) is 0 Å². The Kier molecular flexibility index (Phi) is 5.99. The van der Waals surface area contributed by atoms with E-state index in [4.69, 9.17) is 5.11 Å². The molecular weight excluding hydrogens is 258 g/mol. The first-order chi connectivity index (χ1) is 9.38. The third kappa shape index (κ3) is 5.71. The van der Waals surface area contributed by atoms with Gasteiger partial charge in [0.25, 0.3) is 0 Å². The van der Waals surface area contributed by atoms with Crippen molar-refractivity contribution >= 4 is 17.7 Å². The fourth-order valence-corrected chi connectivity index (χ4v) is 1.55. The zero-order valence-electron chi connectivity index (χ0n) is 12.1. The summed E-state index contributed by atoms with van der Waals surface area (Å²) in [6, 6.07) is 6.62. The van der Waals surface area contributed by atoms with E-state index >= 15 is 0 Å². The van der Waals surface area contributed by atoms with Crippen LogP contribution in [0.3, 0.4) is 0 Å². The number of nitrogens with one attached hydrogen (secondary N) is 1. The molecule has 0 atom stereocenters. The van der Waals surface area contributed by atoms with Gasteiger partial charge in [0.15, 0.2) is 0 Å². The van der Waals surface area contributed by atoms with E-state index in [9.17, 15) is 9.59 Å². The molecule has 0 aromatic heterocycles. The highest BCUT2D eigenvalue weighted by Crippen LogP contribution is 2.10. The van der Waals surface area contributed by atoms with E-state index < -0.39 is 5.97 Å². The molecule has 20 heavy (non-hydrogen) atoms. The fourth-order valence-electron chi connectivity index (χ4n) is 1.55. The molecule has 0 heterocycles. The molecule has 110 valence electrons. The van der Waals surface area contributed by atoms with Crippen LogP contribution >= 0.6 is 0 Å². The predicted molar refractivity (Wildman–Crippen MR) is 78.0 cm³/mol. The first kappa shape index (κ1) is 16.0. The van der Waals surface area contributed by atoms with E-state index in [0.29, 0.717) is 17.8 Å². The number of likely N-dealkylation sites (N-methyl/N-ethyl adjacent to an activating group) is 2. The number of carbonyl (C=O) groups excluding carboxylic acids is 1. The third-order valence-corrected chi connectivity index (χ3v) is 2.79. The molecule has 6 nitrogen and oxygen atoms in total. The van der Waals surface area contributed by atoms with Gasteiger partial charge in [-0.25, -0.2) is 4.79 Å². The summed E-state index contributed by atoms with van der Waals surface area (Å²) in [4.78, 5) is 26.1. The average Bonchev–Trinajstić information content (AvgIpc) is 2.37. The molecule has 6 heteroatoms. The first-order valence-electron chi connectivity index (χ1n) is 6.36. The number of anilines is 1. The second-order valence-corrected chi connectivity index (χ2v) is 4.92. The van der Waals surface area contributed by atoms with E-state index in [-0.39, 0.29) is 12.5 Å². The Morgan fingerprint density at radius 3 is 2.20 bits per heavy atom. The molecule has 0 spiro atoms. The van der Waals surface area contributed by atoms with Crippen LogP contribution in [0.15, 0.2) is 24.3 Å². The van der Waals surface area contributed by atoms with Crippen molar-refractivity contribution in [2.75, 3.05) is 39.5 Å². The van der Waals surface area contributed by atoms with E-state index in [2.05, 4.69) is 5.32 Å². The number of hydrogen-bond donors (Lipinski definition) is 2. The summed E-state index contributed by atoms with van der Waals surface area (Å²) < 4.78 is 0. The molecular formula is C14H21N3O3. The van der Waals surface area contributed by atoms with Crippen molar-refractivity contribution in [2.45, 2.75) is 6.42 Å². The van der Waals surface area contributed by atoms with Gasteiger partial charge in [0, 0.05) is 25.8 Å². The standard InChI is InChI=1S/C14H21N3O3/c1-16(2)8-9-17(3)14(20)15-12-6-4-11(5-7-12)10-13(18)19/h4-7H,8-10H2,1-3H3,(H,15,20)(H,18,19). The molecule has 0 saturated carbocycles. The summed E-state index contributed by atoms with van der Waals surface area (Å²) in [7, 11) is 5.64. The Balaban J connectivity index is 2.51. The lowest BCUT2D eigenvalue weighted by Crippen LogP contribution is -2.36. The summed E-state index contributed by atoms with van der Waals surface area (Å²) in [5.41, 5.74) is 1.36. The summed E-state index contributed by atoms with van der Waals surface area (Å²) >= 11 is 0. The molecule has 1 aromatic carbocycles. The maximum Gasteiger partial charge on any atom is 0.321 e. The number of carbonyl (C=O) groups is 2. The molecule has 0 unspecified atom stereocenters. The molecule has 0 bridgehead atoms. The van der Waals surface area contributed by atoms with E-state index in [1.165, 1.54) is 0 Å². The maximum absolute atomic E-state index is 11.9.